The van der Waals surface area contributed by atoms with Crippen LogP contribution in [-0.4, -0.2) is 34.5 Å². The summed E-state index contributed by atoms with van der Waals surface area (Å²) in [6, 6.07) is 19.3. The number of hydrogen-bond donors (Lipinski definition) is 0. The third-order valence-electron chi connectivity index (χ3n) is 15.6. The van der Waals surface area contributed by atoms with Crippen LogP contribution in [-0.2, 0) is 41.2 Å². The summed E-state index contributed by atoms with van der Waals surface area (Å²) in [7, 11) is 12.1. The van der Waals surface area contributed by atoms with Crippen molar-refractivity contribution < 1.29 is 30.3 Å². The van der Waals surface area contributed by atoms with E-state index in [4.69, 9.17) is 26.5 Å². The van der Waals surface area contributed by atoms with Crippen LogP contribution in [0.15, 0.2) is 48.5 Å². The molecule has 56 heavy (non-hydrogen) atoms. The molecule has 13 unspecified atom stereocenters. The van der Waals surface area contributed by atoms with Crippen LogP contribution < -0.4 is 0 Å². The third kappa shape index (κ3) is 10.0. The zero-order chi connectivity index (χ0) is 40.1. The van der Waals surface area contributed by atoms with E-state index in [0.29, 0.717) is 41.6 Å². The van der Waals surface area contributed by atoms with E-state index >= 15 is 0 Å². The number of fused-ring (bicyclic) bond motifs is 2. The van der Waals surface area contributed by atoms with E-state index in [-0.39, 0.29) is 37.2 Å². The van der Waals surface area contributed by atoms with Gasteiger partial charge in [-0.1, -0.05) is 138 Å². The normalized spacial score (nSPS) is 34.5. The predicted octanol–water partition coefficient (Wildman–Crippen LogP) is 15.3. The van der Waals surface area contributed by atoms with Crippen molar-refractivity contribution >= 4 is 25.1 Å². The molecule has 6 heteroatoms. The Balaban J connectivity index is 0.00000163. The Hall–Kier alpha value is 0.0400. The standard InChI is InChI=1S/C48H76O2Si.2CH3.2ClH.Zr/c1-29-23-37-38(28-39(48(9,10)11)43(50-13)41(37)31-19-17-16-18-20-31)44(29)51(14,15)45-30(2)24-36-35(21-22-40(49-12)42(36)45)32-25-33(46(3,4)5)27-34(26-32)47(6,7)8;;;;;/h16-20,25-27,29-30,35-45H,21-24,28H2,1-15H3;2*1H3;2*1H;/q;2*-1;;;+4/p-2. The van der Waals surface area contributed by atoms with Gasteiger partial charge in [-0.05, 0) is 129 Å². The topological polar surface area (TPSA) is 18.5 Å². The van der Waals surface area contributed by atoms with E-state index < -0.39 is 28.9 Å². The molecule has 0 radical (unpaired) electrons. The first kappa shape index (κ1) is 50.4. The summed E-state index contributed by atoms with van der Waals surface area (Å²) in [6.07, 6.45) is 7.15. The first-order chi connectivity index (χ1) is 25.1. The van der Waals surface area contributed by atoms with Crippen molar-refractivity contribution in [2.75, 3.05) is 14.2 Å². The van der Waals surface area contributed by atoms with Gasteiger partial charge in [0.2, 0.25) is 0 Å². The van der Waals surface area contributed by atoms with Crippen molar-refractivity contribution in [3.05, 3.63) is 85.6 Å². The van der Waals surface area contributed by atoms with Gasteiger partial charge < -0.3 is 24.3 Å². The summed E-state index contributed by atoms with van der Waals surface area (Å²) in [5.74, 6) is 5.99. The molecular weight excluding hydrogens is 823 g/mol. The number of rotatable bonds is 6. The van der Waals surface area contributed by atoms with Gasteiger partial charge >= 0.3 is 37.9 Å². The van der Waals surface area contributed by atoms with Crippen LogP contribution >= 0.6 is 17.0 Å². The van der Waals surface area contributed by atoms with E-state index in [1.54, 1.807) is 5.56 Å². The second kappa shape index (κ2) is 19.4. The summed E-state index contributed by atoms with van der Waals surface area (Å²) < 4.78 is 13.2. The second-order valence-corrected chi connectivity index (χ2v) is 30.8. The van der Waals surface area contributed by atoms with E-state index in [0.717, 1.165) is 28.8 Å². The zero-order valence-electron chi connectivity index (χ0n) is 38.7. The minimum atomic E-state index is -1.82. The van der Waals surface area contributed by atoms with E-state index in [2.05, 4.69) is 138 Å². The molecule has 6 rings (SSSR count). The van der Waals surface area contributed by atoms with Crippen molar-refractivity contribution in [3.8, 4) is 0 Å². The number of methoxy groups -OCH3 is 2. The summed E-state index contributed by atoms with van der Waals surface area (Å²) in [5.41, 5.74) is 8.25. The van der Waals surface area contributed by atoms with E-state index in [9.17, 15) is 0 Å². The average Bonchev–Trinajstić information content (AvgIpc) is 3.62. The predicted molar refractivity (Wildman–Crippen MR) is 245 cm³/mol. The van der Waals surface area contributed by atoms with Crippen molar-refractivity contribution in [1.29, 1.82) is 0 Å². The molecule has 13 atom stereocenters. The Morgan fingerprint density at radius 1 is 0.661 bits per heavy atom. The van der Waals surface area contributed by atoms with Gasteiger partial charge in [0.05, 0.1) is 20.3 Å². The molecule has 0 heterocycles. The first-order valence-corrected chi connectivity index (χ1v) is 30.8. The molecule has 0 saturated heterocycles. The summed E-state index contributed by atoms with van der Waals surface area (Å²) >= 11 is -0.826. The fraction of sp³-hybridized carbons (Fsp3) is 0.720. The second-order valence-electron chi connectivity index (χ2n) is 22.1. The van der Waals surface area contributed by atoms with Gasteiger partial charge in [0.25, 0.3) is 0 Å². The molecule has 0 aliphatic heterocycles. The Morgan fingerprint density at radius 2 is 1.18 bits per heavy atom. The van der Waals surface area contributed by atoms with Crippen molar-refractivity contribution in [1.82, 2.24) is 0 Å². The fourth-order valence-corrected chi connectivity index (χ4v) is 20.2. The molecule has 4 saturated carbocycles. The maximum atomic E-state index is 6.59. The van der Waals surface area contributed by atoms with Crippen LogP contribution in [0, 0.1) is 61.7 Å². The molecule has 4 aliphatic carbocycles. The molecule has 0 aromatic heterocycles. The quantitative estimate of drug-likeness (QED) is 0.212. The Labute approximate surface area is 366 Å². The van der Waals surface area contributed by atoms with Gasteiger partial charge in [0, 0.05) is 20.1 Å². The van der Waals surface area contributed by atoms with Gasteiger partial charge in [0.1, 0.15) is 0 Å². The monoisotopic (exact) mass is 902 g/mol. The molecule has 316 valence electrons. The summed E-state index contributed by atoms with van der Waals surface area (Å²) in [5, 5.41) is 0. The van der Waals surface area contributed by atoms with Crippen LogP contribution in [0.25, 0.3) is 0 Å². The van der Waals surface area contributed by atoms with Crippen LogP contribution in [0.2, 0.25) is 24.2 Å². The molecule has 2 aromatic rings. The van der Waals surface area contributed by atoms with Gasteiger partial charge in [-0.3, -0.25) is 0 Å². The zero-order valence-corrected chi connectivity index (χ0v) is 43.7. The Morgan fingerprint density at radius 3 is 1.66 bits per heavy atom. The number of benzene rings is 2. The van der Waals surface area contributed by atoms with Crippen molar-refractivity contribution in [2.45, 2.75) is 167 Å². The third-order valence-corrected chi connectivity index (χ3v) is 21.0. The fourth-order valence-electron chi connectivity index (χ4n) is 13.6. The van der Waals surface area contributed by atoms with Gasteiger partial charge in [-0.2, -0.15) is 0 Å². The minimum absolute atomic E-state index is 0. The average molecular weight is 905 g/mol. The number of halogens is 2. The van der Waals surface area contributed by atoms with E-state index in [1.165, 1.54) is 48.8 Å². The van der Waals surface area contributed by atoms with Gasteiger partial charge in [-0.15, -0.1) is 0 Å². The number of ether oxygens (including phenoxy) is 2. The molecule has 2 nitrogen and oxygen atoms in total. The number of hydrogen-bond acceptors (Lipinski definition) is 2. The summed E-state index contributed by atoms with van der Waals surface area (Å²) in [4.78, 5) is 0. The summed E-state index contributed by atoms with van der Waals surface area (Å²) in [6.45, 7) is 32.9. The van der Waals surface area contributed by atoms with Crippen LogP contribution in [0.5, 0.6) is 0 Å². The van der Waals surface area contributed by atoms with E-state index in [1.807, 2.05) is 14.2 Å². The van der Waals surface area contributed by atoms with Crippen molar-refractivity contribution in [2.24, 2.45) is 46.8 Å². The van der Waals surface area contributed by atoms with Crippen molar-refractivity contribution in [3.63, 3.8) is 0 Å². The maximum absolute atomic E-state index is 6.59. The van der Waals surface area contributed by atoms with Crippen LogP contribution in [0.3, 0.4) is 0 Å². The molecule has 0 amide bonds. The molecular formula is C50H82Cl2O2SiZr. The molecule has 4 fully saturated rings. The molecule has 2 aromatic carbocycles. The van der Waals surface area contributed by atoms with Gasteiger partial charge in [-0.25, -0.2) is 0 Å². The molecule has 0 spiro atoms. The van der Waals surface area contributed by atoms with Crippen LogP contribution in [0.1, 0.15) is 142 Å². The molecule has 0 N–H and O–H groups in total. The van der Waals surface area contributed by atoms with Crippen LogP contribution in [0.4, 0.5) is 0 Å². The molecule has 0 bridgehead atoms. The SMILES string of the molecule is COC1CCC(c2cc(C(C)(C)C)cc(C(C)(C)C)c2)C2CC(C)C([Si](C)(C)C3C(C)CC4C3CC(C(C)(C)C)C(OC)C4c3ccccc3)C12.[CH3-].[CH3-].[Cl][Zr+2][Cl]. The first-order valence-electron chi connectivity index (χ1n) is 21.3. The van der Waals surface area contributed by atoms with Gasteiger partial charge in [0.15, 0.2) is 0 Å². The molecule has 4 aliphatic rings. The Bertz CT molecular complexity index is 1490. The Kier molecular flexibility index (Phi) is 17.5.